The summed E-state index contributed by atoms with van der Waals surface area (Å²) in [5.74, 6) is -0.0794. The fourth-order valence-corrected chi connectivity index (χ4v) is 4.50. The summed E-state index contributed by atoms with van der Waals surface area (Å²) in [5, 5.41) is 2.69. The zero-order chi connectivity index (χ0) is 18.1. The first-order valence-electron chi connectivity index (χ1n) is 8.34. The van der Waals surface area contributed by atoms with Gasteiger partial charge in [0.05, 0.1) is 4.88 Å². The highest BCUT2D eigenvalue weighted by Gasteiger charge is 2.33. The summed E-state index contributed by atoms with van der Waals surface area (Å²) in [6.07, 6.45) is 7.30. The van der Waals surface area contributed by atoms with Crippen molar-refractivity contribution in [3.8, 4) is 0 Å². The van der Waals surface area contributed by atoms with Crippen LogP contribution in [0.1, 0.15) is 37.9 Å². The highest BCUT2D eigenvalue weighted by molar-refractivity contribution is 7.20. The molecule has 8 heteroatoms. The van der Waals surface area contributed by atoms with E-state index in [0.29, 0.717) is 23.5 Å². The lowest BCUT2D eigenvalue weighted by Crippen LogP contribution is -2.28. The van der Waals surface area contributed by atoms with Gasteiger partial charge in [-0.15, -0.1) is 11.3 Å². The summed E-state index contributed by atoms with van der Waals surface area (Å²) in [6, 6.07) is 3.44. The second-order valence-corrected chi connectivity index (χ2v) is 7.11. The number of likely N-dealkylation sites (tertiary alicyclic amines) is 1. The van der Waals surface area contributed by atoms with Crippen LogP contribution in [0, 0.1) is 0 Å². The van der Waals surface area contributed by atoms with Crippen LogP contribution in [-0.4, -0.2) is 51.8 Å². The number of thiophene rings is 1. The summed E-state index contributed by atoms with van der Waals surface area (Å²) in [4.78, 5) is 41.0. The Balaban J connectivity index is 1.67. The van der Waals surface area contributed by atoms with Gasteiger partial charge < -0.3 is 10.2 Å². The van der Waals surface area contributed by atoms with Crippen molar-refractivity contribution in [2.75, 3.05) is 20.1 Å². The van der Waals surface area contributed by atoms with Crippen LogP contribution in [0.4, 0.5) is 0 Å². The SMILES string of the molecule is CNC(=O)c1sc2nccnc2c1C1CCN(C(=O)c2ccncc2)C1. The highest BCUT2D eigenvalue weighted by Crippen LogP contribution is 2.38. The van der Waals surface area contributed by atoms with Crippen molar-refractivity contribution in [2.24, 2.45) is 0 Å². The van der Waals surface area contributed by atoms with E-state index in [-0.39, 0.29) is 17.7 Å². The predicted molar refractivity (Wildman–Crippen MR) is 98.3 cm³/mol. The Morgan fingerprint density at radius 1 is 1.19 bits per heavy atom. The lowest BCUT2D eigenvalue weighted by molar-refractivity contribution is 0.0790. The van der Waals surface area contributed by atoms with Gasteiger partial charge in [-0.2, -0.15) is 0 Å². The number of hydrogen-bond acceptors (Lipinski definition) is 6. The van der Waals surface area contributed by atoms with E-state index in [2.05, 4.69) is 20.3 Å². The smallest absolute Gasteiger partial charge is 0.261 e. The quantitative estimate of drug-likeness (QED) is 0.766. The number of nitrogens with one attached hydrogen (secondary N) is 1. The number of carbonyl (C=O) groups excluding carboxylic acids is 2. The van der Waals surface area contributed by atoms with Gasteiger partial charge in [0.2, 0.25) is 0 Å². The number of fused-ring (bicyclic) bond motifs is 1. The number of nitrogens with zero attached hydrogens (tertiary/aromatic N) is 4. The first kappa shape index (κ1) is 16.6. The first-order valence-corrected chi connectivity index (χ1v) is 9.15. The van der Waals surface area contributed by atoms with Crippen LogP contribution in [-0.2, 0) is 0 Å². The van der Waals surface area contributed by atoms with E-state index in [4.69, 9.17) is 0 Å². The molecular weight excluding hydrogens is 350 g/mol. The van der Waals surface area contributed by atoms with Gasteiger partial charge >= 0.3 is 0 Å². The third kappa shape index (κ3) is 2.82. The Morgan fingerprint density at radius 3 is 2.73 bits per heavy atom. The van der Waals surface area contributed by atoms with Crippen LogP contribution < -0.4 is 5.32 Å². The van der Waals surface area contributed by atoms with Crippen molar-refractivity contribution in [3.63, 3.8) is 0 Å². The van der Waals surface area contributed by atoms with Gasteiger partial charge in [-0.1, -0.05) is 0 Å². The number of hydrogen-bond donors (Lipinski definition) is 1. The van der Waals surface area contributed by atoms with Crippen molar-refractivity contribution < 1.29 is 9.59 Å². The summed E-state index contributed by atoms with van der Waals surface area (Å²) >= 11 is 1.35. The molecule has 1 saturated heterocycles. The zero-order valence-electron chi connectivity index (χ0n) is 14.2. The molecule has 2 amide bonds. The first-order chi connectivity index (χ1) is 12.7. The minimum atomic E-state index is -0.135. The summed E-state index contributed by atoms with van der Waals surface area (Å²) in [6.45, 7) is 1.21. The van der Waals surface area contributed by atoms with Crippen LogP contribution in [0.15, 0.2) is 36.9 Å². The molecule has 26 heavy (non-hydrogen) atoms. The van der Waals surface area contributed by atoms with Gasteiger partial charge in [0.1, 0.15) is 10.3 Å². The van der Waals surface area contributed by atoms with Gasteiger partial charge in [-0.05, 0) is 18.6 Å². The van der Waals surface area contributed by atoms with Crippen molar-refractivity contribution in [3.05, 3.63) is 52.9 Å². The van der Waals surface area contributed by atoms with Crippen molar-refractivity contribution in [1.29, 1.82) is 0 Å². The number of rotatable bonds is 3. The van der Waals surface area contributed by atoms with Crippen LogP contribution in [0.5, 0.6) is 0 Å². The minimum absolute atomic E-state index is 0.0120. The van der Waals surface area contributed by atoms with Gasteiger partial charge in [0.25, 0.3) is 11.8 Å². The van der Waals surface area contributed by atoms with E-state index in [0.717, 1.165) is 22.3 Å². The Bertz CT molecular complexity index is 972. The van der Waals surface area contributed by atoms with Gasteiger partial charge in [-0.3, -0.25) is 19.6 Å². The largest absolute Gasteiger partial charge is 0.354 e. The van der Waals surface area contributed by atoms with Gasteiger partial charge in [-0.25, -0.2) is 4.98 Å². The van der Waals surface area contributed by atoms with Crippen molar-refractivity contribution in [1.82, 2.24) is 25.2 Å². The molecule has 4 rings (SSSR count). The number of carbonyl (C=O) groups is 2. The second-order valence-electron chi connectivity index (χ2n) is 6.11. The monoisotopic (exact) mass is 367 g/mol. The Morgan fingerprint density at radius 2 is 1.96 bits per heavy atom. The van der Waals surface area contributed by atoms with Crippen LogP contribution in [0.25, 0.3) is 10.3 Å². The zero-order valence-corrected chi connectivity index (χ0v) is 15.0. The molecule has 1 aliphatic heterocycles. The summed E-state index contributed by atoms with van der Waals surface area (Å²) in [7, 11) is 1.62. The Kier molecular flexibility index (Phi) is 4.34. The van der Waals surface area contributed by atoms with Gasteiger partial charge in [0, 0.05) is 62.0 Å². The average Bonchev–Trinajstić information content (AvgIpc) is 3.32. The topological polar surface area (TPSA) is 88.1 Å². The van der Waals surface area contributed by atoms with Gasteiger partial charge in [0.15, 0.2) is 0 Å². The molecule has 1 atom stereocenters. The molecule has 0 spiro atoms. The Hall–Kier alpha value is -2.87. The maximum absolute atomic E-state index is 12.7. The molecule has 0 saturated carbocycles. The molecule has 1 aliphatic rings. The van der Waals surface area contributed by atoms with E-state index in [1.165, 1.54) is 11.3 Å². The van der Waals surface area contributed by atoms with Crippen LogP contribution in [0.2, 0.25) is 0 Å². The third-order valence-corrected chi connectivity index (χ3v) is 5.71. The molecule has 3 aromatic heterocycles. The molecule has 0 aromatic carbocycles. The molecule has 0 aliphatic carbocycles. The van der Waals surface area contributed by atoms with Crippen molar-refractivity contribution >= 4 is 33.5 Å². The lowest BCUT2D eigenvalue weighted by atomic mass is 9.97. The van der Waals surface area contributed by atoms with E-state index in [1.54, 1.807) is 44.0 Å². The number of amides is 2. The summed E-state index contributed by atoms with van der Waals surface area (Å²) < 4.78 is 0. The third-order valence-electron chi connectivity index (χ3n) is 4.61. The molecule has 1 unspecified atom stereocenters. The van der Waals surface area contributed by atoms with Crippen LogP contribution >= 0.6 is 11.3 Å². The highest BCUT2D eigenvalue weighted by atomic mass is 32.1. The lowest BCUT2D eigenvalue weighted by Gasteiger charge is -2.17. The molecule has 3 aromatic rings. The molecular formula is C18H17N5O2S. The molecule has 0 bridgehead atoms. The summed E-state index contributed by atoms with van der Waals surface area (Å²) in [5.41, 5.74) is 2.30. The maximum Gasteiger partial charge on any atom is 0.261 e. The van der Waals surface area contributed by atoms with E-state index in [1.807, 2.05) is 4.90 Å². The fourth-order valence-electron chi connectivity index (χ4n) is 3.36. The molecule has 1 N–H and O–H groups in total. The molecule has 4 heterocycles. The number of pyridine rings is 1. The predicted octanol–water partition coefficient (Wildman–Crippen LogP) is 2.08. The molecule has 0 radical (unpaired) electrons. The molecule has 1 fully saturated rings. The standard InChI is InChI=1S/C18H17N5O2S/c1-19-16(24)15-13(14-17(26-15)22-8-7-21-14)12-4-9-23(10-12)18(25)11-2-5-20-6-3-11/h2-3,5-8,12H,4,9-10H2,1H3,(H,19,24). The Labute approximate surface area is 154 Å². The minimum Gasteiger partial charge on any atom is -0.354 e. The maximum atomic E-state index is 12.7. The van der Waals surface area contributed by atoms with E-state index in [9.17, 15) is 9.59 Å². The van der Waals surface area contributed by atoms with E-state index < -0.39 is 0 Å². The van der Waals surface area contributed by atoms with Crippen molar-refractivity contribution in [2.45, 2.75) is 12.3 Å². The second kappa shape index (κ2) is 6.80. The van der Waals surface area contributed by atoms with E-state index >= 15 is 0 Å². The molecule has 7 nitrogen and oxygen atoms in total. The molecule has 132 valence electrons. The average molecular weight is 367 g/mol. The normalized spacial score (nSPS) is 16.8. The van der Waals surface area contributed by atoms with Crippen LogP contribution in [0.3, 0.4) is 0 Å². The fraction of sp³-hybridized carbons (Fsp3) is 0.278. The number of aromatic nitrogens is 3.